The molecule has 0 bridgehead atoms. The van der Waals surface area contributed by atoms with Crippen molar-refractivity contribution < 1.29 is 0 Å². The van der Waals surface area contributed by atoms with Crippen molar-refractivity contribution >= 4 is 22.9 Å². The highest BCUT2D eigenvalue weighted by Gasteiger charge is 2.08. The van der Waals surface area contributed by atoms with Gasteiger partial charge in [0.05, 0.1) is 0 Å². The van der Waals surface area contributed by atoms with E-state index in [2.05, 4.69) is 19.9 Å². The Morgan fingerprint density at radius 3 is 2.88 bits per heavy atom. The first-order valence-corrected chi connectivity index (χ1v) is 6.07. The molecule has 84 valence electrons. The molecule has 0 saturated heterocycles. The van der Waals surface area contributed by atoms with Crippen LogP contribution < -0.4 is 0 Å². The highest BCUT2D eigenvalue weighted by atomic mass is 35.5. The lowest BCUT2D eigenvalue weighted by molar-refractivity contribution is 0.899. The van der Waals surface area contributed by atoms with Crippen LogP contribution in [0, 0.1) is 0 Å². The number of halogens is 1. The first-order chi connectivity index (χ1) is 8.33. The van der Waals surface area contributed by atoms with Crippen molar-refractivity contribution in [3.05, 3.63) is 40.8 Å². The molecule has 0 amide bonds. The summed E-state index contributed by atoms with van der Waals surface area (Å²) in [5.41, 5.74) is 0.931. The molecule has 3 rings (SSSR count). The summed E-state index contributed by atoms with van der Waals surface area (Å²) in [6.45, 7) is 0. The zero-order chi connectivity index (χ0) is 11.7. The summed E-state index contributed by atoms with van der Waals surface area (Å²) in [6, 6.07) is 1.94. The van der Waals surface area contributed by atoms with Crippen LogP contribution in [0.4, 0.5) is 0 Å². The molecular weight excluding hydrogens is 258 g/mol. The number of aromatic nitrogens is 5. The summed E-state index contributed by atoms with van der Waals surface area (Å²) in [5.74, 6) is 1.03. The fourth-order valence-electron chi connectivity index (χ4n) is 1.35. The third kappa shape index (κ3) is 2.04. The molecular formula is C10H6ClN5S. The van der Waals surface area contributed by atoms with Crippen LogP contribution in [0.3, 0.4) is 0 Å². The van der Waals surface area contributed by atoms with E-state index in [9.17, 15) is 0 Å². The van der Waals surface area contributed by atoms with Gasteiger partial charge in [-0.3, -0.25) is 4.57 Å². The molecule has 0 aliphatic carbocycles. The van der Waals surface area contributed by atoms with Crippen LogP contribution in [0.25, 0.3) is 17.3 Å². The maximum absolute atomic E-state index is 5.89. The van der Waals surface area contributed by atoms with Gasteiger partial charge < -0.3 is 0 Å². The molecule has 5 nitrogen and oxygen atoms in total. The highest BCUT2D eigenvalue weighted by molar-refractivity contribution is 7.08. The number of nitrogens with zero attached hydrogens (tertiary/aromatic N) is 5. The molecule has 7 heteroatoms. The summed E-state index contributed by atoms with van der Waals surface area (Å²) in [4.78, 5) is 16.4. The lowest BCUT2D eigenvalue weighted by Crippen LogP contribution is -2.02. The fourth-order valence-corrected chi connectivity index (χ4v) is 2.14. The van der Waals surface area contributed by atoms with Gasteiger partial charge in [-0.1, -0.05) is 0 Å². The molecule has 0 aromatic carbocycles. The second-order valence-electron chi connectivity index (χ2n) is 3.21. The molecule has 0 aliphatic rings. The van der Waals surface area contributed by atoms with Crippen molar-refractivity contribution in [3.8, 4) is 17.3 Å². The molecule has 0 radical (unpaired) electrons. The molecule has 17 heavy (non-hydrogen) atoms. The van der Waals surface area contributed by atoms with E-state index >= 15 is 0 Å². The van der Waals surface area contributed by atoms with Gasteiger partial charge in [-0.25, -0.2) is 4.98 Å². The largest absolute Gasteiger partial charge is 0.274 e. The highest BCUT2D eigenvalue weighted by Crippen LogP contribution is 2.20. The Morgan fingerprint density at radius 2 is 2.18 bits per heavy atom. The molecule has 0 fully saturated rings. The maximum Gasteiger partial charge on any atom is 0.239 e. The lowest BCUT2D eigenvalue weighted by Gasteiger charge is -2.02. The van der Waals surface area contributed by atoms with Crippen LogP contribution in [0.1, 0.15) is 0 Å². The van der Waals surface area contributed by atoms with Gasteiger partial charge in [0, 0.05) is 23.3 Å². The maximum atomic E-state index is 5.89. The molecule has 0 unspecified atom stereocenters. The molecule has 0 N–H and O–H groups in total. The molecule has 0 aliphatic heterocycles. The standard InChI is InChI=1S/C10H6ClN5S/c11-9-13-8(7-1-4-17-5-7)14-10(15-9)16-3-2-12-6-16/h1-6H. The van der Waals surface area contributed by atoms with Crippen molar-refractivity contribution in [1.29, 1.82) is 0 Å². The summed E-state index contributed by atoms with van der Waals surface area (Å²) >= 11 is 7.47. The molecule has 0 saturated carbocycles. The quantitative estimate of drug-likeness (QED) is 0.713. The number of hydrogen-bond acceptors (Lipinski definition) is 5. The van der Waals surface area contributed by atoms with Crippen LogP contribution in [0.2, 0.25) is 5.28 Å². The Labute approximate surface area is 106 Å². The minimum Gasteiger partial charge on any atom is -0.274 e. The number of rotatable bonds is 2. The Bertz CT molecular complexity index is 568. The SMILES string of the molecule is Clc1nc(-c2ccsc2)nc(-n2ccnc2)n1. The van der Waals surface area contributed by atoms with E-state index in [1.54, 1.807) is 34.6 Å². The van der Waals surface area contributed by atoms with Crippen molar-refractivity contribution in [2.75, 3.05) is 0 Å². The number of thiophene rings is 1. The van der Waals surface area contributed by atoms with Crippen LogP contribution in [0.5, 0.6) is 0 Å². The van der Waals surface area contributed by atoms with Crippen LogP contribution in [-0.4, -0.2) is 24.5 Å². The topological polar surface area (TPSA) is 56.5 Å². The average Bonchev–Trinajstić information content (AvgIpc) is 3.02. The average molecular weight is 264 g/mol. The first kappa shape index (κ1) is 10.4. The smallest absolute Gasteiger partial charge is 0.239 e. The van der Waals surface area contributed by atoms with Gasteiger partial charge in [0.2, 0.25) is 11.2 Å². The van der Waals surface area contributed by atoms with E-state index in [4.69, 9.17) is 11.6 Å². The first-order valence-electron chi connectivity index (χ1n) is 4.75. The van der Waals surface area contributed by atoms with Crippen LogP contribution in [-0.2, 0) is 0 Å². The van der Waals surface area contributed by atoms with E-state index < -0.39 is 0 Å². The van der Waals surface area contributed by atoms with Crippen molar-refractivity contribution in [1.82, 2.24) is 24.5 Å². The van der Waals surface area contributed by atoms with Crippen molar-refractivity contribution in [2.45, 2.75) is 0 Å². The Hall–Kier alpha value is -1.79. The number of imidazole rings is 1. The van der Waals surface area contributed by atoms with Gasteiger partial charge in [0.15, 0.2) is 5.82 Å². The zero-order valence-corrected chi connectivity index (χ0v) is 10.1. The van der Waals surface area contributed by atoms with Crippen LogP contribution >= 0.6 is 22.9 Å². The van der Waals surface area contributed by atoms with Gasteiger partial charge in [-0.15, -0.1) is 0 Å². The van der Waals surface area contributed by atoms with Gasteiger partial charge in [0.25, 0.3) is 0 Å². The predicted molar refractivity (Wildman–Crippen MR) is 65.3 cm³/mol. The lowest BCUT2D eigenvalue weighted by atomic mass is 10.3. The van der Waals surface area contributed by atoms with E-state index in [-0.39, 0.29) is 5.28 Å². The third-order valence-corrected chi connectivity index (χ3v) is 2.96. The summed E-state index contributed by atoms with van der Waals surface area (Å²) in [6.07, 6.45) is 5.02. The minimum atomic E-state index is 0.171. The Morgan fingerprint density at radius 1 is 1.24 bits per heavy atom. The van der Waals surface area contributed by atoms with Crippen LogP contribution in [0.15, 0.2) is 35.5 Å². The number of hydrogen-bond donors (Lipinski definition) is 0. The van der Waals surface area contributed by atoms with Gasteiger partial charge >= 0.3 is 0 Å². The van der Waals surface area contributed by atoms with E-state index in [1.165, 1.54) is 0 Å². The summed E-state index contributed by atoms with van der Waals surface area (Å²) in [7, 11) is 0. The normalized spacial score (nSPS) is 10.6. The molecule has 0 spiro atoms. The van der Waals surface area contributed by atoms with Crippen molar-refractivity contribution in [2.24, 2.45) is 0 Å². The molecule has 3 heterocycles. The molecule has 3 aromatic heterocycles. The molecule has 0 atom stereocenters. The van der Waals surface area contributed by atoms with Gasteiger partial charge in [-0.05, 0) is 23.0 Å². The Kier molecular flexibility index (Phi) is 2.58. The van der Waals surface area contributed by atoms with E-state index in [0.29, 0.717) is 11.8 Å². The van der Waals surface area contributed by atoms with Gasteiger partial charge in [-0.2, -0.15) is 26.3 Å². The summed E-state index contributed by atoms with van der Waals surface area (Å²) < 4.78 is 1.68. The second-order valence-corrected chi connectivity index (χ2v) is 4.33. The Balaban J connectivity index is 2.13. The van der Waals surface area contributed by atoms with E-state index in [0.717, 1.165) is 5.56 Å². The second kappa shape index (κ2) is 4.23. The monoisotopic (exact) mass is 263 g/mol. The predicted octanol–water partition coefficient (Wildman–Crippen LogP) is 2.44. The van der Waals surface area contributed by atoms with Crippen molar-refractivity contribution in [3.63, 3.8) is 0 Å². The third-order valence-electron chi connectivity index (χ3n) is 2.11. The minimum absolute atomic E-state index is 0.171. The van der Waals surface area contributed by atoms with Gasteiger partial charge in [0.1, 0.15) is 6.33 Å². The summed E-state index contributed by atoms with van der Waals surface area (Å²) in [5, 5.41) is 4.10. The zero-order valence-electron chi connectivity index (χ0n) is 8.49. The molecule has 3 aromatic rings. The van der Waals surface area contributed by atoms with E-state index in [1.807, 2.05) is 16.8 Å². The fraction of sp³-hybridized carbons (Fsp3) is 0.